The highest BCUT2D eigenvalue weighted by molar-refractivity contribution is 7.87. The van der Waals surface area contributed by atoms with Gasteiger partial charge < -0.3 is 0 Å². The van der Waals surface area contributed by atoms with Gasteiger partial charge in [0.2, 0.25) is 5.67 Å². The molecular weight excluding hydrogens is 268 g/mol. The second-order valence-corrected chi connectivity index (χ2v) is 5.34. The maximum Gasteiger partial charge on any atom is 0.340 e. The zero-order valence-electron chi connectivity index (χ0n) is 6.78. The van der Waals surface area contributed by atoms with Crippen molar-refractivity contribution in [2.75, 3.05) is 11.5 Å². The Labute approximate surface area is 82.5 Å². The molecule has 5 nitrogen and oxygen atoms in total. The number of carbonyl (C=O) groups is 1. The number of hydrogen-bond acceptors (Lipinski definition) is 5. The smallest absolute Gasteiger partial charge is 0.257 e. The summed E-state index contributed by atoms with van der Waals surface area (Å²) in [5, 5.41) is 0. The summed E-state index contributed by atoms with van der Waals surface area (Å²) >= 11 is 0. The second kappa shape index (κ2) is 4.04. The molecule has 0 radical (unpaired) electrons. The summed E-state index contributed by atoms with van der Waals surface area (Å²) in [4.78, 5) is 9.92. The molecule has 0 bridgehead atoms. The number of alkyl halides is 1. The predicted octanol–water partition coefficient (Wildman–Crippen LogP) is -0.211. The van der Waals surface area contributed by atoms with E-state index >= 15 is 0 Å². The van der Waals surface area contributed by atoms with Gasteiger partial charge in [-0.05, 0) is 0 Å². The Morgan fingerprint density at radius 1 is 1.00 bits per heavy atom. The van der Waals surface area contributed by atoms with E-state index in [2.05, 4.69) is 0 Å². The molecule has 0 saturated heterocycles. The number of halogens is 4. The summed E-state index contributed by atoms with van der Waals surface area (Å²) in [6, 6.07) is -3.08. The van der Waals surface area contributed by atoms with Gasteiger partial charge in [-0.2, -0.15) is 21.2 Å². The lowest BCUT2D eigenvalue weighted by Gasteiger charge is -2.14. The average molecular weight is 272 g/mol. The van der Waals surface area contributed by atoms with E-state index in [0.717, 1.165) is 0 Å². The van der Waals surface area contributed by atoms with Crippen LogP contribution in [0.5, 0.6) is 0 Å². The van der Waals surface area contributed by atoms with Crippen molar-refractivity contribution < 1.29 is 38.2 Å². The number of rotatable bonds is 5. The van der Waals surface area contributed by atoms with Crippen molar-refractivity contribution in [3.8, 4) is 0 Å². The Bertz CT molecular complexity index is 417. The standard InChI is InChI=1S/C4H4F4O5S2/c5-3(9)4(6,1-14(7,10)11)2-15(8,12)13/h1-2H2. The van der Waals surface area contributed by atoms with E-state index < -0.39 is 43.7 Å². The third-order valence-corrected chi connectivity index (χ3v) is 2.76. The van der Waals surface area contributed by atoms with E-state index in [1.807, 2.05) is 0 Å². The van der Waals surface area contributed by atoms with Crippen molar-refractivity contribution in [2.24, 2.45) is 0 Å². The van der Waals surface area contributed by atoms with Crippen LogP contribution in [0.2, 0.25) is 0 Å². The molecule has 90 valence electrons. The van der Waals surface area contributed by atoms with E-state index in [0.29, 0.717) is 0 Å². The lowest BCUT2D eigenvalue weighted by molar-refractivity contribution is -0.139. The molecule has 0 spiro atoms. The highest BCUT2D eigenvalue weighted by Gasteiger charge is 2.48. The van der Waals surface area contributed by atoms with Gasteiger partial charge in [-0.25, -0.2) is 4.39 Å². The Morgan fingerprint density at radius 3 is 1.40 bits per heavy atom. The first-order valence-electron chi connectivity index (χ1n) is 3.09. The fourth-order valence-corrected chi connectivity index (χ4v) is 2.36. The molecule has 0 rings (SSSR count). The van der Waals surface area contributed by atoms with Crippen LogP contribution >= 0.6 is 0 Å². The van der Waals surface area contributed by atoms with Crippen LogP contribution in [0.15, 0.2) is 0 Å². The minimum atomic E-state index is -5.67. The average Bonchev–Trinajstić information content (AvgIpc) is 1.75. The monoisotopic (exact) mass is 272 g/mol. The van der Waals surface area contributed by atoms with Crippen LogP contribution < -0.4 is 0 Å². The van der Waals surface area contributed by atoms with Crippen LogP contribution in [0.4, 0.5) is 16.6 Å². The molecule has 11 heteroatoms. The summed E-state index contributed by atoms with van der Waals surface area (Å²) in [5.41, 5.74) is -4.26. The first kappa shape index (κ1) is 14.3. The van der Waals surface area contributed by atoms with Gasteiger partial charge in [-0.15, -0.1) is 7.77 Å². The summed E-state index contributed by atoms with van der Waals surface area (Å²) in [5.74, 6) is -4.78. The maximum atomic E-state index is 12.9. The van der Waals surface area contributed by atoms with E-state index in [9.17, 15) is 38.2 Å². The number of carbonyl (C=O) groups excluding carboxylic acids is 1. The van der Waals surface area contributed by atoms with Gasteiger partial charge in [0.25, 0.3) is 0 Å². The van der Waals surface area contributed by atoms with Crippen LogP contribution in [-0.4, -0.2) is 40.0 Å². The summed E-state index contributed by atoms with van der Waals surface area (Å²) in [6.45, 7) is 0. The van der Waals surface area contributed by atoms with E-state index in [-0.39, 0.29) is 0 Å². The molecule has 0 aliphatic rings. The van der Waals surface area contributed by atoms with Gasteiger partial charge in [0, 0.05) is 0 Å². The first-order valence-corrected chi connectivity index (χ1v) is 6.20. The van der Waals surface area contributed by atoms with Crippen molar-refractivity contribution in [1.82, 2.24) is 0 Å². The van der Waals surface area contributed by atoms with Crippen molar-refractivity contribution in [3.63, 3.8) is 0 Å². The molecule has 0 atom stereocenters. The molecule has 0 fully saturated rings. The third kappa shape index (κ3) is 5.67. The minimum absolute atomic E-state index is 2.39. The molecule has 0 unspecified atom stereocenters. The van der Waals surface area contributed by atoms with Crippen LogP contribution in [0, 0.1) is 0 Å². The Hall–Kier alpha value is -0.710. The van der Waals surface area contributed by atoms with Crippen molar-refractivity contribution >= 4 is 26.5 Å². The fourth-order valence-electron chi connectivity index (χ4n) is 0.702. The van der Waals surface area contributed by atoms with Gasteiger partial charge in [0.1, 0.15) is 11.5 Å². The molecule has 0 amide bonds. The molecule has 15 heavy (non-hydrogen) atoms. The fraction of sp³-hybridized carbons (Fsp3) is 0.750. The SMILES string of the molecule is O=C(F)C(F)(CS(=O)(=O)F)CS(=O)(=O)F. The van der Waals surface area contributed by atoms with Gasteiger partial charge in [-0.1, -0.05) is 0 Å². The van der Waals surface area contributed by atoms with Crippen LogP contribution in [0.25, 0.3) is 0 Å². The Kier molecular flexibility index (Phi) is 3.85. The zero-order valence-corrected chi connectivity index (χ0v) is 8.42. The highest BCUT2D eigenvalue weighted by Crippen LogP contribution is 2.21. The Morgan fingerprint density at radius 2 is 1.27 bits per heavy atom. The van der Waals surface area contributed by atoms with Crippen LogP contribution in [0.1, 0.15) is 0 Å². The molecule has 0 aromatic heterocycles. The molecule has 0 aliphatic carbocycles. The lowest BCUT2D eigenvalue weighted by Crippen LogP contribution is -2.43. The maximum absolute atomic E-state index is 12.9. The van der Waals surface area contributed by atoms with Gasteiger partial charge in [0.05, 0.1) is 0 Å². The van der Waals surface area contributed by atoms with Crippen molar-refractivity contribution in [1.29, 1.82) is 0 Å². The molecular formula is C4H4F4O5S2. The molecule has 0 N–H and O–H groups in total. The van der Waals surface area contributed by atoms with Gasteiger partial charge in [-0.3, -0.25) is 4.79 Å². The van der Waals surface area contributed by atoms with Gasteiger partial charge in [0.15, 0.2) is 0 Å². The van der Waals surface area contributed by atoms with E-state index in [4.69, 9.17) is 0 Å². The van der Waals surface area contributed by atoms with Gasteiger partial charge >= 0.3 is 26.5 Å². The molecule has 0 aromatic rings. The number of hydrogen-bond donors (Lipinski definition) is 0. The van der Waals surface area contributed by atoms with Crippen molar-refractivity contribution in [2.45, 2.75) is 5.67 Å². The topological polar surface area (TPSA) is 85.3 Å². The van der Waals surface area contributed by atoms with Crippen LogP contribution in [0.3, 0.4) is 0 Å². The quantitative estimate of drug-likeness (QED) is 0.510. The largest absolute Gasteiger partial charge is 0.340 e. The van der Waals surface area contributed by atoms with E-state index in [1.54, 1.807) is 0 Å². The third-order valence-electron chi connectivity index (χ3n) is 1.15. The molecule has 0 saturated carbocycles. The zero-order chi connectivity index (χ0) is 12.5. The summed E-state index contributed by atoms with van der Waals surface area (Å²) in [6.07, 6.45) is 0. The van der Waals surface area contributed by atoms with Crippen molar-refractivity contribution in [3.05, 3.63) is 0 Å². The first-order chi connectivity index (χ1) is 6.36. The minimum Gasteiger partial charge on any atom is -0.257 e. The van der Waals surface area contributed by atoms with Crippen LogP contribution in [-0.2, 0) is 25.2 Å². The lowest BCUT2D eigenvalue weighted by atomic mass is 10.2. The molecule has 0 heterocycles. The molecule has 0 aromatic carbocycles. The second-order valence-electron chi connectivity index (χ2n) is 2.61. The molecule has 0 aliphatic heterocycles. The Balaban J connectivity index is 5.19. The highest BCUT2D eigenvalue weighted by atomic mass is 32.3. The van der Waals surface area contributed by atoms with E-state index in [1.165, 1.54) is 0 Å². The summed E-state index contributed by atoms with van der Waals surface area (Å²) < 4.78 is 88.3. The normalized spacial score (nSPS) is 13.9. The summed E-state index contributed by atoms with van der Waals surface area (Å²) in [7, 11) is -11.3. The predicted molar refractivity (Wildman–Crippen MR) is 39.7 cm³/mol.